The average Bonchev–Trinajstić information content (AvgIpc) is 2.59. The van der Waals surface area contributed by atoms with Crippen molar-refractivity contribution in [1.82, 2.24) is 15.6 Å². The summed E-state index contributed by atoms with van der Waals surface area (Å²) < 4.78 is 18.7. The zero-order valence-corrected chi connectivity index (χ0v) is 13.3. The standard InChI is InChI=1S/C17H21FN4O/c1-3-19-17(22-12-16-15(18)5-4-10-20-16)21-11-13-6-8-14(23-2)9-7-13/h4-10H,3,11-12H2,1-2H3,(H2,19,21,22). The summed E-state index contributed by atoms with van der Waals surface area (Å²) >= 11 is 0. The largest absolute Gasteiger partial charge is 0.497 e. The summed E-state index contributed by atoms with van der Waals surface area (Å²) in [5, 5.41) is 6.21. The quantitative estimate of drug-likeness (QED) is 0.635. The average molecular weight is 316 g/mol. The van der Waals surface area contributed by atoms with Crippen LogP contribution in [0.15, 0.2) is 47.6 Å². The molecule has 0 aliphatic heterocycles. The highest BCUT2D eigenvalue weighted by Gasteiger charge is 2.04. The van der Waals surface area contributed by atoms with Gasteiger partial charge in [-0.2, -0.15) is 0 Å². The lowest BCUT2D eigenvalue weighted by molar-refractivity contribution is 0.414. The van der Waals surface area contributed by atoms with Crippen molar-refractivity contribution < 1.29 is 9.13 Å². The number of nitrogens with zero attached hydrogens (tertiary/aromatic N) is 2. The fourth-order valence-electron chi connectivity index (χ4n) is 1.96. The highest BCUT2D eigenvalue weighted by Crippen LogP contribution is 2.11. The number of hydrogen-bond acceptors (Lipinski definition) is 3. The van der Waals surface area contributed by atoms with Crippen molar-refractivity contribution in [2.24, 2.45) is 4.99 Å². The Bertz CT molecular complexity index is 643. The Kier molecular flexibility index (Phi) is 6.35. The first-order valence-electron chi connectivity index (χ1n) is 7.47. The molecule has 0 bridgehead atoms. The zero-order chi connectivity index (χ0) is 16.5. The van der Waals surface area contributed by atoms with Gasteiger partial charge in [-0.05, 0) is 36.8 Å². The highest BCUT2D eigenvalue weighted by molar-refractivity contribution is 5.79. The molecule has 1 heterocycles. The minimum atomic E-state index is -0.328. The van der Waals surface area contributed by atoms with Crippen LogP contribution in [0.25, 0.3) is 0 Å². The van der Waals surface area contributed by atoms with E-state index < -0.39 is 0 Å². The zero-order valence-electron chi connectivity index (χ0n) is 13.3. The maximum atomic E-state index is 13.6. The Hall–Kier alpha value is -2.63. The molecule has 122 valence electrons. The Morgan fingerprint density at radius 2 is 2.00 bits per heavy atom. The van der Waals surface area contributed by atoms with Crippen molar-refractivity contribution >= 4 is 5.96 Å². The van der Waals surface area contributed by atoms with Gasteiger partial charge in [-0.1, -0.05) is 12.1 Å². The van der Waals surface area contributed by atoms with E-state index in [1.54, 1.807) is 19.4 Å². The van der Waals surface area contributed by atoms with Gasteiger partial charge in [0.1, 0.15) is 11.6 Å². The van der Waals surface area contributed by atoms with Gasteiger partial charge in [0.2, 0.25) is 0 Å². The summed E-state index contributed by atoms with van der Waals surface area (Å²) in [7, 11) is 1.64. The molecule has 0 unspecified atom stereocenters. The third-order valence-corrected chi connectivity index (χ3v) is 3.18. The molecular weight excluding hydrogens is 295 g/mol. The van der Waals surface area contributed by atoms with Crippen LogP contribution in [-0.4, -0.2) is 24.6 Å². The van der Waals surface area contributed by atoms with Gasteiger partial charge in [-0.15, -0.1) is 0 Å². The van der Waals surface area contributed by atoms with Crippen molar-refractivity contribution in [3.8, 4) is 5.75 Å². The normalized spacial score (nSPS) is 11.2. The van der Waals surface area contributed by atoms with Crippen molar-refractivity contribution in [3.05, 3.63) is 59.7 Å². The molecule has 0 aliphatic carbocycles. The van der Waals surface area contributed by atoms with E-state index in [-0.39, 0.29) is 12.4 Å². The molecule has 0 atom stereocenters. The van der Waals surface area contributed by atoms with Gasteiger partial charge in [0.05, 0.1) is 25.9 Å². The van der Waals surface area contributed by atoms with Gasteiger partial charge in [0, 0.05) is 12.7 Å². The lowest BCUT2D eigenvalue weighted by atomic mass is 10.2. The fraction of sp³-hybridized carbons (Fsp3) is 0.294. The smallest absolute Gasteiger partial charge is 0.191 e. The molecule has 0 saturated carbocycles. The number of aromatic nitrogens is 1. The third-order valence-electron chi connectivity index (χ3n) is 3.18. The summed E-state index contributed by atoms with van der Waals surface area (Å²) in [6.45, 7) is 3.50. The highest BCUT2D eigenvalue weighted by atomic mass is 19.1. The lowest BCUT2D eigenvalue weighted by Gasteiger charge is -2.11. The minimum absolute atomic E-state index is 0.279. The number of rotatable bonds is 6. The predicted molar refractivity (Wildman–Crippen MR) is 88.8 cm³/mol. The molecule has 1 aromatic carbocycles. The van der Waals surface area contributed by atoms with Crippen LogP contribution in [0.2, 0.25) is 0 Å². The van der Waals surface area contributed by atoms with Crippen molar-refractivity contribution in [1.29, 1.82) is 0 Å². The monoisotopic (exact) mass is 316 g/mol. The molecule has 0 spiro atoms. The van der Waals surface area contributed by atoms with E-state index in [4.69, 9.17) is 4.74 Å². The minimum Gasteiger partial charge on any atom is -0.497 e. The van der Waals surface area contributed by atoms with Crippen LogP contribution in [-0.2, 0) is 13.1 Å². The molecule has 0 aliphatic rings. The van der Waals surface area contributed by atoms with E-state index in [2.05, 4.69) is 20.6 Å². The van der Waals surface area contributed by atoms with Crippen LogP contribution in [0.1, 0.15) is 18.2 Å². The summed E-state index contributed by atoms with van der Waals surface area (Å²) in [5.74, 6) is 1.10. The molecule has 5 nitrogen and oxygen atoms in total. The topological polar surface area (TPSA) is 58.5 Å². The predicted octanol–water partition coefficient (Wildman–Crippen LogP) is 2.48. The lowest BCUT2D eigenvalue weighted by Crippen LogP contribution is -2.37. The van der Waals surface area contributed by atoms with E-state index in [1.807, 2.05) is 31.2 Å². The first-order chi connectivity index (χ1) is 11.2. The van der Waals surface area contributed by atoms with Gasteiger partial charge in [-0.3, -0.25) is 4.98 Å². The number of methoxy groups -OCH3 is 1. The summed E-state index contributed by atoms with van der Waals surface area (Å²) in [4.78, 5) is 8.50. The number of aliphatic imine (C=N–C) groups is 1. The Labute approximate surface area is 135 Å². The van der Waals surface area contributed by atoms with Crippen LogP contribution in [0, 0.1) is 5.82 Å². The molecule has 6 heteroatoms. The summed E-state index contributed by atoms with van der Waals surface area (Å²) in [6, 6.07) is 10.7. The number of benzene rings is 1. The molecule has 0 saturated heterocycles. The van der Waals surface area contributed by atoms with E-state index in [0.29, 0.717) is 18.2 Å². The van der Waals surface area contributed by atoms with Gasteiger partial charge in [0.15, 0.2) is 5.96 Å². The Morgan fingerprint density at radius 3 is 2.65 bits per heavy atom. The first kappa shape index (κ1) is 16.7. The van der Waals surface area contributed by atoms with E-state index in [1.165, 1.54) is 6.07 Å². The summed E-state index contributed by atoms with van der Waals surface area (Å²) in [6.07, 6.45) is 1.57. The SMILES string of the molecule is CCNC(=NCc1ccc(OC)cc1)NCc1ncccc1F. The maximum Gasteiger partial charge on any atom is 0.191 e. The van der Waals surface area contributed by atoms with Crippen molar-refractivity contribution in [3.63, 3.8) is 0 Å². The number of nitrogens with one attached hydrogen (secondary N) is 2. The van der Waals surface area contributed by atoms with E-state index >= 15 is 0 Å². The number of guanidine groups is 1. The van der Waals surface area contributed by atoms with Crippen LogP contribution in [0.3, 0.4) is 0 Å². The molecule has 0 fully saturated rings. The second kappa shape index (κ2) is 8.73. The number of hydrogen-bond donors (Lipinski definition) is 2. The second-order valence-corrected chi connectivity index (χ2v) is 4.83. The van der Waals surface area contributed by atoms with Crippen LogP contribution in [0.4, 0.5) is 4.39 Å². The molecule has 2 N–H and O–H groups in total. The van der Waals surface area contributed by atoms with Crippen LogP contribution in [0.5, 0.6) is 5.75 Å². The molecule has 2 aromatic rings. The molecule has 1 aromatic heterocycles. The van der Waals surface area contributed by atoms with Crippen LogP contribution >= 0.6 is 0 Å². The number of pyridine rings is 1. The Balaban J connectivity index is 1.97. The molecule has 23 heavy (non-hydrogen) atoms. The van der Waals surface area contributed by atoms with Crippen LogP contribution < -0.4 is 15.4 Å². The molecular formula is C17H21FN4O. The fourth-order valence-corrected chi connectivity index (χ4v) is 1.96. The first-order valence-corrected chi connectivity index (χ1v) is 7.47. The number of halogens is 1. The van der Waals surface area contributed by atoms with E-state index in [9.17, 15) is 4.39 Å². The maximum absolute atomic E-state index is 13.6. The van der Waals surface area contributed by atoms with Gasteiger partial charge in [0.25, 0.3) is 0 Å². The second-order valence-electron chi connectivity index (χ2n) is 4.83. The summed E-state index contributed by atoms with van der Waals surface area (Å²) in [5.41, 5.74) is 1.43. The molecule has 0 radical (unpaired) electrons. The van der Waals surface area contributed by atoms with Gasteiger partial charge in [-0.25, -0.2) is 9.38 Å². The van der Waals surface area contributed by atoms with Gasteiger partial charge >= 0.3 is 0 Å². The van der Waals surface area contributed by atoms with E-state index in [0.717, 1.165) is 17.9 Å². The molecule has 0 amide bonds. The van der Waals surface area contributed by atoms with Gasteiger partial charge < -0.3 is 15.4 Å². The molecule has 2 rings (SSSR count). The Morgan fingerprint density at radius 1 is 1.22 bits per heavy atom. The third kappa shape index (κ3) is 5.25. The van der Waals surface area contributed by atoms with Crippen molar-refractivity contribution in [2.75, 3.05) is 13.7 Å². The number of ether oxygens (including phenoxy) is 1. The van der Waals surface area contributed by atoms with Crippen molar-refractivity contribution in [2.45, 2.75) is 20.0 Å².